The minimum Gasteiger partial charge on any atom is -0.396 e. The number of hydrogen-bond donors (Lipinski definition) is 1. The molecule has 2 aliphatic heterocycles. The number of likely N-dealkylation sites (tertiary alicyclic amines) is 2. The average Bonchev–Trinajstić information content (AvgIpc) is 2.90. The molecule has 2 saturated heterocycles. The van der Waals surface area contributed by atoms with Crippen molar-refractivity contribution in [2.24, 2.45) is 5.92 Å². The Bertz CT molecular complexity index is 263. The summed E-state index contributed by atoms with van der Waals surface area (Å²) in [5.41, 5.74) is 0. The van der Waals surface area contributed by atoms with Gasteiger partial charge in [0.2, 0.25) is 5.91 Å². The Hall–Kier alpha value is -0.610. The van der Waals surface area contributed by atoms with Crippen molar-refractivity contribution in [2.75, 3.05) is 39.3 Å². The summed E-state index contributed by atoms with van der Waals surface area (Å²) in [6.45, 7) is 5.29. The van der Waals surface area contributed by atoms with Gasteiger partial charge in [-0.25, -0.2) is 0 Å². The molecule has 1 N–H and O–H groups in total. The molecule has 0 bridgehead atoms. The molecule has 104 valence electrons. The molecule has 4 nitrogen and oxygen atoms in total. The van der Waals surface area contributed by atoms with Crippen LogP contribution in [0.2, 0.25) is 0 Å². The van der Waals surface area contributed by atoms with Crippen LogP contribution in [0.25, 0.3) is 0 Å². The van der Waals surface area contributed by atoms with E-state index in [0.29, 0.717) is 18.2 Å². The van der Waals surface area contributed by atoms with E-state index in [1.807, 2.05) is 4.90 Å². The molecule has 2 rings (SSSR count). The molecule has 2 heterocycles. The van der Waals surface area contributed by atoms with E-state index in [1.54, 1.807) is 0 Å². The van der Waals surface area contributed by atoms with Gasteiger partial charge in [-0.1, -0.05) is 0 Å². The Kier molecular flexibility index (Phi) is 5.45. The van der Waals surface area contributed by atoms with Crippen molar-refractivity contribution in [1.82, 2.24) is 9.80 Å². The molecule has 1 amide bonds. The maximum Gasteiger partial charge on any atom is 0.223 e. The van der Waals surface area contributed by atoms with Crippen LogP contribution in [0.5, 0.6) is 0 Å². The molecule has 0 radical (unpaired) electrons. The van der Waals surface area contributed by atoms with Crippen molar-refractivity contribution >= 4 is 5.91 Å². The van der Waals surface area contributed by atoms with Crippen molar-refractivity contribution in [1.29, 1.82) is 0 Å². The van der Waals surface area contributed by atoms with E-state index in [9.17, 15) is 4.79 Å². The van der Waals surface area contributed by atoms with Gasteiger partial charge in [-0.05, 0) is 51.1 Å². The smallest absolute Gasteiger partial charge is 0.223 e. The van der Waals surface area contributed by atoms with Crippen LogP contribution in [0.15, 0.2) is 0 Å². The standard InChI is InChI=1S/C14H26N2O2/c17-11-6-13-4-3-9-16(12-13)14(18)5-10-15-7-1-2-8-15/h13,17H,1-12H2. The highest BCUT2D eigenvalue weighted by Gasteiger charge is 2.23. The van der Waals surface area contributed by atoms with Crippen LogP contribution in [-0.2, 0) is 4.79 Å². The lowest BCUT2D eigenvalue weighted by Gasteiger charge is -2.33. The van der Waals surface area contributed by atoms with Crippen molar-refractivity contribution < 1.29 is 9.90 Å². The topological polar surface area (TPSA) is 43.8 Å². The van der Waals surface area contributed by atoms with E-state index < -0.39 is 0 Å². The van der Waals surface area contributed by atoms with E-state index in [1.165, 1.54) is 25.9 Å². The molecular weight excluding hydrogens is 228 g/mol. The van der Waals surface area contributed by atoms with E-state index in [4.69, 9.17) is 5.11 Å². The zero-order chi connectivity index (χ0) is 12.8. The summed E-state index contributed by atoms with van der Waals surface area (Å²) in [4.78, 5) is 16.6. The number of aliphatic hydroxyl groups excluding tert-OH is 1. The van der Waals surface area contributed by atoms with Gasteiger partial charge in [-0.3, -0.25) is 4.79 Å². The second kappa shape index (κ2) is 7.10. The quantitative estimate of drug-likeness (QED) is 0.799. The maximum absolute atomic E-state index is 12.1. The van der Waals surface area contributed by atoms with Gasteiger partial charge in [0.25, 0.3) is 0 Å². The molecule has 0 aliphatic carbocycles. The van der Waals surface area contributed by atoms with Crippen LogP contribution in [0.3, 0.4) is 0 Å². The monoisotopic (exact) mass is 254 g/mol. The molecule has 1 atom stereocenters. The molecule has 0 aromatic rings. The molecule has 18 heavy (non-hydrogen) atoms. The molecule has 4 heteroatoms. The fraction of sp³-hybridized carbons (Fsp3) is 0.929. The van der Waals surface area contributed by atoms with Gasteiger partial charge in [0.1, 0.15) is 0 Å². The van der Waals surface area contributed by atoms with Gasteiger partial charge in [-0.2, -0.15) is 0 Å². The first-order valence-electron chi connectivity index (χ1n) is 7.40. The molecule has 0 aromatic carbocycles. The van der Waals surface area contributed by atoms with E-state index in [2.05, 4.69) is 4.90 Å². The first-order valence-corrected chi connectivity index (χ1v) is 7.40. The number of piperidine rings is 1. The number of carbonyl (C=O) groups is 1. The minimum absolute atomic E-state index is 0.250. The highest BCUT2D eigenvalue weighted by molar-refractivity contribution is 5.76. The molecule has 2 aliphatic rings. The summed E-state index contributed by atoms with van der Waals surface area (Å²) in [6.07, 6.45) is 6.35. The van der Waals surface area contributed by atoms with Crippen LogP contribution in [0.4, 0.5) is 0 Å². The predicted molar refractivity (Wildman–Crippen MR) is 71.3 cm³/mol. The van der Waals surface area contributed by atoms with Gasteiger partial charge >= 0.3 is 0 Å². The average molecular weight is 254 g/mol. The van der Waals surface area contributed by atoms with Gasteiger partial charge in [0, 0.05) is 32.7 Å². The lowest BCUT2D eigenvalue weighted by molar-refractivity contribution is -0.133. The van der Waals surface area contributed by atoms with Crippen molar-refractivity contribution in [3.63, 3.8) is 0 Å². The zero-order valence-electron chi connectivity index (χ0n) is 11.3. The summed E-state index contributed by atoms with van der Waals surface area (Å²) >= 11 is 0. The maximum atomic E-state index is 12.1. The number of nitrogens with zero attached hydrogens (tertiary/aromatic N) is 2. The van der Waals surface area contributed by atoms with Gasteiger partial charge < -0.3 is 14.9 Å². The third-order valence-electron chi connectivity index (χ3n) is 4.25. The highest BCUT2D eigenvalue weighted by atomic mass is 16.3. The van der Waals surface area contributed by atoms with Crippen LogP contribution < -0.4 is 0 Å². The zero-order valence-corrected chi connectivity index (χ0v) is 11.3. The normalized spacial score (nSPS) is 25.6. The van der Waals surface area contributed by atoms with Crippen molar-refractivity contribution in [2.45, 2.75) is 38.5 Å². The van der Waals surface area contributed by atoms with E-state index in [0.717, 1.165) is 38.9 Å². The second-order valence-electron chi connectivity index (χ2n) is 5.66. The second-order valence-corrected chi connectivity index (χ2v) is 5.66. The molecule has 1 unspecified atom stereocenters. The van der Waals surface area contributed by atoms with E-state index >= 15 is 0 Å². The fourth-order valence-corrected chi connectivity index (χ4v) is 3.13. The highest BCUT2D eigenvalue weighted by Crippen LogP contribution is 2.20. The number of aliphatic hydroxyl groups is 1. The summed E-state index contributed by atoms with van der Waals surface area (Å²) in [5, 5.41) is 8.98. The Morgan fingerprint density at radius 2 is 1.94 bits per heavy atom. The Balaban J connectivity index is 1.70. The van der Waals surface area contributed by atoms with Gasteiger partial charge in [-0.15, -0.1) is 0 Å². The van der Waals surface area contributed by atoms with Gasteiger partial charge in [0.15, 0.2) is 0 Å². The van der Waals surface area contributed by atoms with Crippen LogP contribution in [0, 0.1) is 5.92 Å². The molecule has 0 saturated carbocycles. The third-order valence-corrected chi connectivity index (χ3v) is 4.25. The number of hydrogen-bond acceptors (Lipinski definition) is 3. The SMILES string of the molecule is O=C(CCN1CCCC1)N1CCCC(CCO)C1. The first-order chi connectivity index (χ1) is 8.79. The Labute approximate surface area is 110 Å². The molecule has 2 fully saturated rings. The number of rotatable bonds is 5. The predicted octanol–water partition coefficient (Wildman–Crippen LogP) is 1.09. The summed E-state index contributed by atoms with van der Waals surface area (Å²) in [6, 6.07) is 0. The van der Waals surface area contributed by atoms with Crippen LogP contribution >= 0.6 is 0 Å². The fourth-order valence-electron chi connectivity index (χ4n) is 3.13. The number of amides is 1. The molecule has 0 spiro atoms. The number of carbonyl (C=O) groups excluding carboxylic acids is 1. The summed E-state index contributed by atoms with van der Waals surface area (Å²) in [7, 11) is 0. The minimum atomic E-state index is 0.250. The van der Waals surface area contributed by atoms with Crippen molar-refractivity contribution in [3.8, 4) is 0 Å². The summed E-state index contributed by atoms with van der Waals surface area (Å²) in [5.74, 6) is 0.823. The van der Waals surface area contributed by atoms with Crippen LogP contribution in [-0.4, -0.2) is 60.1 Å². The molecular formula is C14H26N2O2. The van der Waals surface area contributed by atoms with Gasteiger partial charge in [0.05, 0.1) is 0 Å². The lowest BCUT2D eigenvalue weighted by Crippen LogP contribution is -2.41. The summed E-state index contributed by atoms with van der Waals surface area (Å²) < 4.78 is 0. The first kappa shape index (κ1) is 13.8. The van der Waals surface area contributed by atoms with Crippen molar-refractivity contribution in [3.05, 3.63) is 0 Å². The Morgan fingerprint density at radius 3 is 2.67 bits per heavy atom. The largest absolute Gasteiger partial charge is 0.396 e. The third kappa shape index (κ3) is 3.95. The lowest BCUT2D eigenvalue weighted by atomic mass is 9.95. The van der Waals surface area contributed by atoms with E-state index in [-0.39, 0.29) is 6.61 Å². The molecule has 0 aromatic heterocycles. The Morgan fingerprint density at radius 1 is 1.17 bits per heavy atom. The van der Waals surface area contributed by atoms with Crippen LogP contribution in [0.1, 0.15) is 38.5 Å².